The summed E-state index contributed by atoms with van der Waals surface area (Å²) in [4.78, 5) is 4.53. The first-order valence-corrected chi connectivity index (χ1v) is 11.6. The molecule has 3 aliphatic rings. The highest BCUT2D eigenvalue weighted by molar-refractivity contribution is 5.83. The number of fused-ring (bicyclic) bond motifs is 4. The van der Waals surface area contributed by atoms with E-state index in [1.54, 1.807) is 7.11 Å². The summed E-state index contributed by atoms with van der Waals surface area (Å²) in [7, 11) is 1.68. The van der Waals surface area contributed by atoms with Crippen molar-refractivity contribution in [3.05, 3.63) is 71.9 Å². The minimum absolute atomic E-state index is 0.207. The number of hydrogen-bond donors (Lipinski definition) is 1. The lowest BCUT2D eigenvalue weighted by molar-refractivity contribution is -0.985. The largest absolute Gasteiger partial charge is 0.497 e. The molecule has 3 aliphatic heterocycles. The first-order valence-electron chi connectivity index (χ1n) is 11.6. The number of quaternary nitrogens is 1. The number of ether oxygens (including phenoxy) is 1. The van der Waals surface area contributed by atoms with Crippen LogP contribution in [0.5, 0.6) is 5.75 Å². The first-order chi connectivity index (χ1) is 15.1. The van der Waals surface area contributed by atoms with E-state index in [4.69, 9.17) is 4.74 Å². The maximum Gasteiger partial charge on any atom is 0.131 e. The monoisotopic (exact) mass is 417 g/mol. The Labute approximate surface area is 185 Å². The second-order valence-corrected chi connectivity index (χ2v) is 9.52. The summed E-state index contributed by atoms with van der Waals surface area (Å²) in [5.41, 5.74) is 3.27. The maximum atomic E-state index is 11.8. The van der Waals surface area contributed by atoms with Crippen LogP contribution in [0.1, 0.15) is 43.4 Å². The van der Waals surface area contributed by atoms with E-state index in [-0.39, 0.29) is 6.04 Å². The lowest BCUT2D eigenvalue weighted by Crippen LogP contribution is -2.67. The summed E-state index contributed by atoms with van der Waals surface area (Å²) in [6, 6.07) is 19.0. The molecule has 3 unspecified atom stereocenters. The van der Waals surface area contributed by atoms with E-state index in [9.17, 15) is 5.11 Å². The fourth-order valence-corrected chi connectivity index (χ4v) is 6.35. The molecular formula is C27H33N2O2+. The van der Waals surface area contributed by atoms with E-state index in [1.165, 1.54) is 24.9 Å². The number of hydrogen-bond acceptors (Lipinski definition) is 3. The summed E-state index contributed by atoms with van der Waals surface area (Å²) in [5, 5.41) is 12.8. The van der Waals surface area contributed by atoms with E-state index in [1.807, 2.05) is 30.5 Å². The van der Waals surface area contributed by atoms with E-state index in [0.717, 1.165) is 58.0 Å². The van der Waals surface area contributed by atoms with Crippen molar-refractivity contribution < 1.29 is 14.3 Å². The molecule has 3 saturated heterocycles. The Balaban J connectivity index is 1.55. The van der Waals surface area contributed by atoms with Crippen LogP contribution in [0.3, 0.4) is 0 Å². The third-order valence-corrected chi connectivity index (χ3v) is 7.99. The van der Waals surface area contributed by atoms with E-state index in [0.29, 0.717) is 0 Å². The molecule has 2 bridgehead atoms. The number of benzene rings is 2. The molecule has 162 valence electrons. The van der Waals surface area contributed by atoms with Crippen molar-refractivity contribution in [2.45, 2.75) is 44.9 Å². The van der Waals surface area contributed by atoms with Gasteiger partial charge in [-0.25, -0.2) is 0 Å². The number of methoxy groups -OCH3 is 1. The molecule has 0 spiro atoms. The van der Waals surface area contributed by atoms with Crippen LogP contribution in [0.2, 0.25) is 0 Å². The molecule has 31 heavy (non-hydrogen) atoms. The van der Waals surface area contributed by atoms with Gasteiger partial charge in [0, 0.05) is 35.9 Å². The minimum Gasteiger partial charge on any atom is -0.497 e. The highest BCUT2D eigenvalue weighted by Gasteiger charge is 2.54. The predicted molar refractivity (Wildman–Crippen MR) is 124 cm³/mol. The molecule has 4 heterocycles. The Morgan fingerprint density at radius 2 is 2.00 bits per heavy atom. The maximum absolute atomic E-state index is 11.8. The molecule has 0 amide bonds. The van der Waals surface area contributed by atoms with Crippen molar-refractivity contribution in [2.75, 3.05) is 20.2 Å². The van der Waals surface area contributed by atoms with Crippen molar-refractivity contribution in [3.8, 4) is 5.75 Å². The topological polar surface area (TPSA) is 42.4 Å². The molecule has 4 heteroatoms. The number of pyridine rings is 1. The molecule has 4 nitrogen and oxygen atoms in total. The third-order valence-electron chi connectivity index (χ3n) is 7.99. The molecule has 5 atom stereocenters. The fourth-order valence-electron chi connectivity index (χ4n) is 6.35. The van der Waals surface area contributed by atoms with Gasteiger partial charge in [-0.15, -0.1) is 0 Å². The second kappa shape index (κ2) is 8.25. The van der Waals surface area contributed by atoms with Gasteiger partial charge in [0.1, 0.15) is 24.4 Å². The number of aromatic nitrogens is 1. The number of aliphatic hydroxyl groups is 1. The van der Waals surface area contributed by atoms with Crippen LogP contribution >= 0.6 is 0 Å². The summed E-state index contributed by atoms with van der Waals surface area (Å²) in [5.74, 6) is 2.29. The highest BCUT2D eigenvalue weighted by Crippen LogP contribution is 2.48. The fraction of sp³-hybridized carbons (Fsp3) is 0.444. The van der Waals surface area contributed by atoms with Crippen LogP contribution in [0.4, 0.5) is 0 Å². The molecule has 2 aromatic carbocycles. The molecule has 0 aliphatic carbocycles. The van der Waals surface area contributed by atoms with Gasteiger partial charge >= 0.3 is 0 Å². The second-order valence-electron chi connectivity index (χ2n) is 9.52. The molecule has 1 N–H and O–H groups in total. The normalized spacial score (nSPS) is 28.5. The van der Waals surface area contributed by atoms with Gasteiger partial charge in [0.2, 0.25) is 0 Å². The Morgan fingerprint density at radius 1 is 1.16 bits per heavy atom. The van der Waals surface area contributed by atoms with Gasteiger partial charge in [-0.05, 0) is 42.2 Å². The van der Waals surface area contributed by atoms with Crippen molar-refractivity contribution in [2.24, 2.45) is 11.8 Å². The molecule has 0 radical (unpaired) electrons. The van der Waals surface area contributed by atoms with Crippen LogP contribution in [0, 0.1) is 11.8 Å². The summed E-state index contributed by atoms with van der Waals surface area (Å²) >= 11 is 0. The van der Waals surface area contributed by atoms with Crippen molar-refractivity contribution in [1.29, 1.82) is 0 Å². The zero-order chi connectivity index (χ0) is 21.4. The van der Waals surface area contributed by atoms with Crippen LogP contribution in [0.25, 0.3) is 10.9 Å². The van der Waals surface area contributed by atoms with E-state index in [2.05, 4.69) is 42.2 Å². The van der Waals surface area contributed by atoms with E-state index >= 15 is 0 Å². The van der Waals surface area contributed by atoms with Gasteiger partial charge in [-0.2, -0.15) is 0 Å². The Bertz CT molecular complexity index is 1050. The van der Waals surface area contributed by atoms with E-state index < -0.39 is 6.10 Å². The first kappa shape index (κ1) is 20.5. The zero-order valence-corrected chi connectivity index (χ0v) is 18.6. The SMILES string of the molecule is CCC1C[N+]2(Cc3ccccc3)CCC1C[C@H]2[C@H](O)c1ccnc2ccc(OC)cc12. The molecule has 0 saturated carbocycles. The Kier molecular flexibility index (Phi) is 5.45. The van der Waals surface area contributed by atoms with Gasteiger partial charge < -0.3 is 14.3 Å². The van der Waals surface area contributed by atoms with Crippen LogP contribution in [-0.4, -0.2) is 40.8 Å². The van der Waals surface area contributed by atoms with Crippen molar-refractivity contribution in [3.63, 3.8) is 0 Å². The van der Waals surface area contributed by atoms with Gasteiger partial charge in [0.25, 0.3) is 0 Å². The summed E-state index contributed by atoms with van der Waals surface area (Å²) < 4.78 is 6.46. The molecule has 6 rings (SSSR count). The summed E-state index contributed by atoms with van der Waals surface area (Å²) in [6.45, 7) is 5.66. The molecular weight excluding hydrogens is 384 g/mol. The highest BCUT2D eigenvalue weighted by atomic mass is 16.5. The molecule has 1 aromatic heterocycles. The van der Waals surface area contributed by atoms with Gasteiger partial charge in [0.15, 0.2) is 0 Å². The lowest BCUT2D eigenvalue weighted by atomic mass is 9.70. The smallest absolute Gasteiger partial charge is 0.131 e. The van der Waals surface area contributed by atoms with Crippen LogP contribution in [-0.2, 0) is 6.54 Å². The minimum atomic E-state index is -0.512. The standard InChI is InChI=1S/C27H33N2O2/c1-3-20-18-29(17-19-7-5-4-6-8-19)14-12-21(20)15-26(29)27(30)23-11-13-28-25-10-9-22(31-2)16-24(23)25/h4-11,13,16,20-21,26-27,30H,3,12,14-15,17-18H2,1-2H3/q+1/t20?,21?,26-,27+,29?/m0/s1. The van der Waals surface area contributed by atoms with Gasteiger partial charge in [0.05, 0.1) is 25.7 Å². The average molecular weight is 418 g/mol. The van der Waals surface area contributed by atoms with Crippen LogP contribution in [0.15, 0.2) is 60.8 Å². The van der Waals surface area contributed by atoms with Crippen LogP contribution < -0.4 is 4.74 Å². The van der Waals surface area contributed by atoms with Crippen molar-refractivity contribution in [1.82, 2.24) is 4.98 Å². The number of rotatable bonds is 6. The van der Waals surface area contributed by atoms with Gasteiger partial charge in [-0.3, -0.25) is 4.98 Å². The third kappa shape index (κ3) is 3.62. The average Bonchev–Trinajstić information content (AvgIpc) is 2.83. The number of aliphatic hydroxyl groups excluding tert-OH is 1. The van der Waals surface area contributed by atoms with Gasteiger partial charge in [-0.1, -0.05) is 37.3 Å². The lowest BCUT2D eigenvalue weighted by Gasteiger charge is -2.58. The zero-order valence-electron chi connectivity index (χ0n) is 18.6. The number of piperidine rings is 3. The summed E-state index contributed by atoms with van der Waals surface area (Å²) in [6.07, 6.45) is 4.93. The Hall–Kier alpha value is -2.43. The van der Waals surface area contributed by atoms with Crippen molar-refractivity contribution >= 4 is 10.9 Å². The Morgan fingerprint density at radius 3 is 2.77 bits per heavy atom. The quantitative estimate of drug-likeness (QED) is 0.567. The predicted octanol–water partition coefficient (Wildman–Crippen LogP) is 5.11. The molecule has 3 aromatic rings. The molecule has 3 fully saturated rings. The number of nitrogens with zero attached hydrogens (tertiary/aromatic N) is 2.